The van der Waals surface area contributed by atoms with Crippen molar-refractivity contribution < 1.29 is 4.92 Å². The van der Waals surface area contributed by atoms with Crippen LogP contribution in [0.1, 0.15) is 0 Å². The molecule has 0 N–H and O–H groups in total. The fourth-order valence-corrected chi connectivity index (χ4v) is 2.42. The topological polar surface area (TPSA) is 75.4 Å². The summed E-state index contributed by atoms with van der Waals surface area (Å²) in [5.41, 5.74) is 1.19. The summed E-state index contributed by atoms with van der Waals surface area (Å²) in [5.74, 6) is 0.787. The van der Waals surface area contributed by atoms with E-state index in [2.05, 4.69) is 19.8 Å². The minimum absolute atomic E-state index is 0.0224. The molecule has 0 aliphatic carbocycles. The Kier molecular flexibility index (Phi) is 3.63. The minimum Gasteiger partial charge on any atom is -0.368 e. The average Bonchev–Trinajstić information content (AvgIpc) is 2.56. The van der Waals surface area contributed by atoms with Gasteiger partial charge in [0.2, 0.25) is 0 Å². The van der Waals surface area contributed by atoms with Gasteiger partial charge in [-0.3, -0.25) is 15.1 Å². The van der Waals surface area contributed by atoms with Crippen molar-refractivity contribution in [2.75, 3.05) is 36.0 Å². The van der Waals surface area contributed by atoms with E-state index in [0.717, 1.165) is 32.0 Å². The van der Waals surface area contributed by atoms with E-state index in [1.807, 2.05) is 12.1 Å². The van der Waals surface area contributed by atoms with Crippen molar-refractivity contribution in [3.05, 3.63) is 53.0 Å². The summed E-state index contributed by atoms with van der Waals surface area (Å²) in [7, 11) is 0. The molecule has 0 saturated carbocycles. The molecule has 0 amide bonds. The monoisotopic (exact) mass is 285 g/mol. The number of piperazine rings is 1. The Morgan fingerprint density at radius 2 is 1.67 bits per heavy atom. The molecule has 108 valence electrons. The number of pyridine rings is 2. The summed E-state index contributed by atoms with van der Waals surface area (Å²) in [6.45, 7) is 3.46. The standard InChI is InChI=1S/C14H15N5O2/c20-19(21)13-1-2-14(16-11-13)18-9-7-17(8-10-18)12-3-5-15-6-4-12/h1-6,11H,7-10H2. The van der Waals surface area contributed by atoms with E-state index in [1.165, 1.54) is 18.0 Å². The Balaban J connectivity index is 1.64. The highest BCUT2D eigenvalue weighted by Gasteiger charge is 2.18. The van der Waals surface area contributed by atoms with Crippen molar-refractivity contribution in [3.8, 4) is 0 Å². The van der Waals surface area contributed by atoms with Crippen LogP contribution >= 0.6 is 0 Å². The molecule has 2 aromatic heterocycles. The highest BCUT2D eigenvalue weighted by molar-refractivity contribution is 5.49. The van der Waals surface area contributed by atoms with E-state index < -0.39 is 4.92 Å². The van der Waals surface area contributed by atoms with Crippen LogP contribution in [0.15, 0.2) is 42.9 Å². The van der Waals surface area contributed by atoms with Crippen LogP contribution in [0.3, 0.4) is 0 Å². The maximum absolute atomic E-state index is 10.6. The number of nitro groups is 1. The van der Waals surface area contributed by atoms with Crippen molar-refractivity contribution >= 4 is 17.2 Å². The van der Waals surface area contributed by atoms with Crippen LogP contribution in [-0.4, -0.2) is 41.1 Å². The van der Waals surface area contributed by atoms with E-state index in [-0.39, 0.29) is 5.69 Å². The van der Waals surface area contributed by atoms with E-state index >= 15 is 0 Å². The summed E-state index contributed by atoms with van der Waals surface area (Å²) in [5, 5.41) is 10.6. The predicted octanol–water partition coefficient (Wildman–Crippen LogP) is 1.71. The van der Waals surface area contributed by atoms with Crippen LogP contribution in [-0.2, 0) is 0 Å². The van der Waals surface area contributed by atoms with Gasteiger partial charge in [0.05, 0.1) is 4.92 Å². The number of hydrogen-bond acceptors (Lipinski definition) is 6. The Morgan fingerprint density at radius 3 is 2.24 bits per heavy atom. The fraction of sp³-hybridized carbons (Fsp3) is 0.286. The lowest BCUT2D eigenvalue weighted by atomic mass is 10.2. The minimum atomic E-state index is -0.432. The third kappa shape index (κ3) is 2.91. The summed E-state index contributed by atoms with van der Waals surface area (Å²) >= 11 is 0. The summed E-state index contributed by atoms with van der Waals surface area (Å²) in [4.78, 5) is 22.8. The highest BCUT2D eigenvalue weighted by atomic mass is 16.6. The van der Waals surface area contributed by atoms with Crippen molar-refractivity contribution in [2.45, 2.75) is 0 Å². The van der Waals surface area contributed by atoms with Gasteiger partial charge in [0.15, 0.2) is 0 Å². The molecule has 0 atom stereocenters. The molecule has 1 fully saturated rings. The second-order valence-corrected chi connectivity index (χ2v) is 4.81. The zero-order chi connectivity index (χ0) is 14.7. The SMILES string of the molecule is O=[N+]([O-])c1ccc(N2CCN(c3ccncc3)CC2)nc1. The molecule has 21 heavy (non-hydrogen) atoms. The molecule has 3 rings (SSSR count). The number of aromatic nitrogens is 2. The van der Waals surface area contributed by atoms with Gasteiger partial charge in [0.25, 0.3) is 5.69 Å². The zero-order valence-corrected chi connectivity index (χ0v) is 11.4. The molecule has 0 aromatic carbocycles. The third-order valence-electron chi connectivity index (χ3n) is 3.57. The first-order valence-electron chi connectivity index (χ1n) is 6.74. The average molecular weight is 285 g/mol. The lowest BCUT2D eigenvalue weighted by molar-refractivity contribution is -0.385. The van der Waals surface area contributed by atoms with Crippen molar-refractivity contribution in [3.63, 3.8) is 0 Å². The van der Waals surface area contributed by atoms with E-state index in [1.54, 1.807) is 18.5 Å². The molecular weight excluding hydrogens is 270 g/mol. The summed E-state index contributed by atoms with van der Waals surface area (Å²) in [6, 6.07) is 7.21. The van der Waals surface area contributed by atoms with E-state index in [0.29, 0.717) is 0 Å². The molecule has 1 aliphatic rings. The second-order valence-electron chi connectivity index (χ2n) is 4.81. The molecule has 7 nitrogen and oxygen atoms in total. The van der Waals surface area contributed by atoms with Gasteiger partial charge < -0.3 is 9.80 Å². The maximum atomic E-state index is 10.6. The lowest BCUT2D eigenvalue weighted by Crippen LogP contribution is -2.46. The second kappa shape index (κ2) is 5.74. The summed E-state index contributed by atoms with van der Waals surface area (Å²) < 4.78 is 0. The van der Waals surface area contributed by atoms with Crippen molar-refractivity contribution in [1.29, 1.82) is 0 Å². The van der Waals surface area contributed by atoms with E-state index in [9.17, 15) is 10.1 Å². The first-order valence-corrected chi connectivity index (χ1v) is 6.74. The molecule has 0 bridgehead atoms. The van der Waals surface area contributed by atoms with Crippen LogP contribution in [0.5, 0.6) is 0 Å². The smallest absolute Gasteiger partial charge is 0.287 e. The quantitative estimate of drug-likeness (QED) is 0.631. The van der Waals surface area contributed by atoms with Gasteiger partial charge in [-0.25, -0.2) is 4.98 Å². The predicted molar refractivity (Wildman–Crippen MR) is 79.6 cm³/mol. The lowest BCUT2D eigenvalue weighted by Gasteiger charge is -2.36. The largest absolute Gasteiger partial charge is 0.368 e. The highest BCUT2D eigenvalue weighted by Crippen LogP contribution is 2.20. The number of rotatable bonds is 3. The maximum Gasteiger partial charge on any atom is 0.287 e. The molecule has 3 heterocycles. The summed E-state index contributed by atoms with van der Waals surface area (Å²) in [6.07, 6.45) is 4.89. The molecule has 0 spiro atoms. The van der Waals surface area contributed by atoms with Gasteiger partial charge in [-0.1, -0.05) is 0 Å². The fourth-order valence-electron chi connectivity index (χ4n) is 2.42. The molecule has 1 aliphatic heterocycles. The Hall–Kier alpha value is -2.70. The molecule has 0 unspecified atom stereocenters. The van der Waals surface area contributed by atoms with Gasteiger partial charge in [0, 0.05) is 50.3 Å². The van der Waals surface area contributed by atoms with Crippen LogP contribution in [0.2, 0.25) is 0 Å². The number of hydrogen-bond donors (Lipinski definition) is 0. The van der Waals surface area contributed by atoms with Crippen LogP contribution in [0, 0.1) is 10.1 Å². The Labute approximate surface area is 122 Å². The van der Waals surface area contributed by atoms with Gasteiger partial charge in [0.1, 0.15) is 12.0 Å². The third-order valence-corrected chi connectivity index (χ3v) is 3.57. The Bertz CT molecular complexity index is 609. The molecule has 1 saturated heterocycles. The van der Waals surface area contributed by atoms with Crippen molar-refractivity contribution in [2.24, 2.45) is 0 Å². The van der Waals surface area contributed by atoms with Gasteiger partial charge in [-0.2, -0.15) is 0 Å². The van der Waals surface area contributed by atoms with Gasteiger partial charge in [-0.15, -0.1) is 0 Å². The van der Waals surface area contributed by atoms with Gasteiger partial charge >= 0.3 is 0 Å². The normalized spacial score (nSPS) is 15.0. The van der Waals surface area contributed by atoms with E-state index in [4.69, 9.17) is 0 Å². The zero-order valence-electron chi connectivity index (χ0n) is 11.4. The molecule has 7 heteroatoms. The molecule has 0 radical (unpaired) electrons. The number of anilines is 2. The van der Waals surface area contributed by atoms with Crippen molar-refractivity contribution in [1.82, 2.24) is 9.97 Å². The van der Waals surface area contributed by atoms with Crippen LogP contribution in [0.4, 0.5) is 17.2 Å². The first-order chi connectivity index (χ1) is 10.2. The first kappa shape index (κ1) is 13.3. The van der Waals surface area contributed by atoms with Crippen LogP contribution < -0.4 is 9.80 Å². The Morgan fingerprint density at radius 1 is 1.00 bits per heavy atom. The molecular formula is C14H15N5O2. The molecule has 2 aromatic rings. The number of nitrogens with zero attached hydrogens (tertiary/aromatic N) is 5. The van der Waals surface area contributed by atoms with Crippen LogP contribution in [0.25, 0.3) is 0 Å². The van der Waals surface area contributed by atoms with Gasteiger partial charge in [-0.05, 0) is 18.2 Å².